The molecule has 0 aromatic heterocycles. The minimum absolute atomic E-state index is 0.174. The molecule has 0 saturated heterocycles. The maximum absolute atomic E-state index is 11.7. The highest BCUT2D eigenvalue weighted by atomic mass is 16.2. The van der Waals surface area contributed by atoms with Gasteiger partial charge in [0.25, 0.3) is 0 Å². The van der Waals surface area contributed by atoms with Crippen molar-refractivity contribution in [3.8, 4) is 0 Å². The predicted octanol–water partition coefficient (Wildman–Crippen LogP) is 0.409. The summed E-state index contributed by atoms with van der Waals surface area (Å²) in [6, 6.07) is 6.23. The van der Waals surface area contributed by atoms with E-state index in [4.69, 9.17) is 0 Å². The Bertz CT molecular complexity index is 401. The largest absolute Gasteiger partial charge is 0.324 e. The molecule has 1 amide bonds. The number of carbonyl (C=O) groups excluding carboxylic acids is 2. The van der Waals surface area contributed by atoms with Crippen molar-refractivity contribution in [3.63, 3.8) is 0 Å². The van der Waals surface area contributed by atoms with Crippen molar-refractivity contribution in [2.24, 2.45) is 0 Å². The molecule has 1 atom stereocenters. The molecule has 1 aliphatic heterocycles. The van der Waals surface area contributed by atoms with Gasteiger partial charge in [-0.2, -0.15) is 0 Å². The predicted molar refractivity (Wildman–Crippen MR) is 52.2 cm³/mol. The zero-order valence-electron chi connectivity index (χ0n) is 7.70. The molecule has 14 heavy (non-hydrogen) atoms. The van der Waals surface area contributed by atoms with Gasteiger partial charge < -0.3 is 10.6 Å². The van der Waals surface area contributed by atoms with E-state index in [1.807, 2.05) is 0 Å². The van der Waals surface area contributed by atoms with Crippen LogP contribution in [0.15, 0.2) is 24.3 Å². The lowest BCUT2D eigenvalue weighted by Gasteiger charge is -2.22. The fourth-order valence-electron chi connectivity index (χ4n) is 1.55. The minimum atomic E-state index is -0.759. The fourth-order valence-corrected chi connectivity index (χ4v) is 1.55. The molecule has 0 bridgehead atoms. The van der Waals surface area contributed by atoms with Gasteiger partial charge in [-0.05, 0) is 19.2 Å². The van der Waals surface area contributed by atoms with Crippen molar-refractivity contribution < 1.29 is 9.59 Å². The van der Waals surface area contributed by atoms with E-state index in [1.165, 1.54) is 0 Å². The maximum atomic E-state index is 11.7. The number of rotatable bonds is 1. The summed E-state index contributed by atoms with van der Waals surface area (Å²) >= 11 is 0. The van der Waals surface area contributed by atoms with E-state index >= 15 is 0 Å². The zero-order chi connectivity index (χ0) is 10.1. The molecule has 2 N–H and O–H groups in total. The molecule has 0 saturated carbocycles. The summed E-state index contributed by atoms with van der Waals surface area (Å²) in [5, 5.41) is 5.35. The lowest BCUT2D eigenvalue weighted by molar-refractivity contribution is -0.117. The number of hydrogen-bond acceptors (Lipinski definition) is 3. The van der Waals surface area contributed by atoms with Crippen LogP contribution in [0, 0.1) is 0 Å². The van der Waals surface area contributed by atoms with Crippen LogP contribution >= 0.6 is 0 Å². The third-order valence-corrected chi connectivity index (χ3v) is 2.26. The Morgan fingerprint density at radius 2 is 2.00 bits per heavy atom. The Hall–Kier alpha value is -1.68. The summed E-state index contributed by atoms with van der Waals surface area (Å²) in [7, 11) is 1.59. The van der Waals surface area contributed by atoms with Gasteiger partial charge in [0, 0.05) is 5.56 Å². The van der Waals surface area contributed by atoms with Gasteiger partial charge in [-0.1, -0.05) is 12.1 Å². The first kappa shape index (κ1) is 8.90. The summed E-state index contributed by atoms with van der Waals surface area (Å²) in [5.74, 6) is -0.469. The highest BCUT2D eigenvalue weighted by Crippen LogP contribution is 2.21. The van der Waals surface area contributed by atoms with Crippen LogP contribution in [-0.4, -0.2) is 24.8 Å². The molecule has 0 aliphatic carbocycles. The molecule has 0 radical (unpaired) electrons. The van der Waals surface area contributed by atoms with Crippen LogP contribution in [0.5, 0.6) is 0 Å². The first-order valence-corrected chi connectivity index (χ1v) is 4.35. The molecule has 1 aromatic rings. The summed E-state index contributed by atoms with van der Waals surface area (Å²) < 4.78 is 0. The van der Waals surface area contributed by atoms with Crippen LogP contribution in [0.4, 0.5) is 5.69 Å². The van der Waals surface area contributed by atoms with Gasteiger partial charge in [-0.3, -0.25) is 9.59 Å². The summed E-state index contributed by atoms with van der Waals surface area (Å²) in [5.41, 5.74) is 1.15. The van der Waals surface area contributed by atoms with Crippen LogP contribution in [0.1, 0.15) is 10.4 Å². The number of nitrogens with one attached hydrogen (secondary N) is 2. The molecule has 4 nitrogen and oxygen atoms in total. The number of carbonyl (C=O) groups is 2. The summed E-state index contributed by atoms with van der Waals surface area (Å²) in [6.45, 7) is 0. The highest BCUT2D eigenvalue weighted by Gasteiger charge is 2.32. The highest BCUT2D eigenvalue weighted by molar-refractivity contribution is 6.23. The molecule has 1 aliphatic rings. The zero-order valence-corrected chi connectivity index (χ0v) is 7.70. The van der Waals surface area contributed by atoms with Crippen molar-refractivity contribution in [2.45, 2.75) is 6.04 Å². The van der Waals surface area contributed by atoms with E-state index < -0.39 is 6.04 Å². The molecule has 1 aromatic carbocycles. The topological polar surface area (TPSA) is 58.2 Å². The Balaban J connectivity index is 2.49. The molecule has 1 heterocycles. The number of ketones is 1. The van der Waals surface area contributed by atoms with Crippen molar-refractivity contribution in [1.82, 2.24) is 5.32 Å². The van der Waals surface area contributed by atoms with Crippen molar-refractivity contribution in [3.05, 3.63) is 29.8 Å². The Morgan fingerprint density at radius 1 is 1.29 bits per heavy atom. The van der Waals surface area contributed by atoms with Crippen LogP contribution in [0.25, 0.3) is 0 Å². The second-order valence-corrected chi connectivity index (χ2v) is 3.12. The average molecular weight is 190 g/mol. The van der Waals surface area contributed by atoms with Crippen LogP contribution in [0.3, 0.4) is 0 Å². The quantitative estimate of drug-likeness (QED) is 0.630. The molecule has 2 rings (SSSR count). The summed E-state index contributed by atoms with van der Waals surface area (Å²) in [6.07, 6.45) is 0. The number of anilines is 1. The average Bonchev–Trinajstić information content (AvgIpc) is 2.18. The number of fused-ring (bicyclic) bond motifs is 1. The maximum Gasteiger partial charge on any atom is 0.249 e. The molecule has 0 spiro atoms. The lowest BCUT2D eigenvalue weighted by atomic mass is 9.98. The molecular formula is C10H10N2O2. The molecule has 0 fully saturated rings. The summed E-state index contributed by atoms with van der Waals surface area (Å²) in [4.78, 5) is 23.1. The van der Waals surface area contributed by atoms with E-state index in [9.17, 15) is 9.59 Å². The normalized spacial score (nSPS) is 20.2. The third kappa shape index (κ3) is 1.20. The van der Waals surface area contributed by atoms with E-state index in [1.54, 1.807) is 31.3 Å². The Morgan fingerprint density at radius 3 is 2.71 bits per heavy atom. The van der Waals surface area contributed by atoms with Gasteiger partial charge >= 0.3 is 0 Å². The molecule has 4 heteroatoms. The van der Waals surface area contributed by atoms with Gasteiger partial charge in [0.15, 0.2) is 11.8 Å². The molecular weight excluding hydrogens is 180 g/mol. The van der Waals surface area contributed by atoms with Gasteiger partial charge in [0.2, 0.25) is 5.91 Å². The standard InChI is InChI=1S/C10H10N2O2/c1-11-8-9(13)6-4-2-3-5-7(6)12-10(8)14/h2-5,8,11H,1H3,(H,12,14)/t8-/m1/s1. The van der Waals surface area contributed by atoms with Crippen molar-refractivity contribution in [1.29, 1.82) is 0 Å². The van der Waals surface area contributed by atoms with Crippen LogP contribution in [-0.2, 0) is 4.79 Å². The van der Waals surface area contributed by atoms with E-state index in [0.29, 0.717) is 11.3 Å². The van der Waals surface area contributed by atoms with E-state index in [-0.39, 0.29) is 11.7 Å². The van der Waals surface area contributed by atoms with Crippen molar-refractivity contribution in [2.75, 3.05) is 12.4 Å². The Labute approximate surface area is 81.3 Å². The second-order valence-electron chi connectivity index (χ2n) is 3.12. The molecule has 0 unspecified atom stereocenters. The van der Waals surface area contributed by atoms with Crippen molar-refractivity contribution >= 4 is 17.4 Å². The number of benzene rings is 1. The van der Waals surface area contributed by atoms with Gasteiger partial charge in [0.1, 0.15) is 0 Å². The first-order chi connectivity index (χ1) is 6.74. The first-order valence-electron chi connectivity index (χ1n) is 4.35. The minimum Gasteiger partial charge on any atom is -0.324 e. The SMILES string of the molecule is CN[C@H]1C(=O)Nc2ccccc2C1=O. The number of Topliss-reactive ketones (excluding diaryl/α,β-unsaturated/α-hetero) is 1. The monoisotopic (exact) mass is 190 g/mol. The van der Waals surface area contributed by atoms with Gasteiger partial charge in [-0.15, -0.1) is 0 Å². The number of para-hydroxylation sites is 1. The molecule has 72 valence electrons. The van der Waals surface area contributed by atoms with Crippen LogP contribution < -0.4 is 10.6 Å². The Kier molecular flexibility index (Phi) is 2.05. The second kappa shape index (κ2) is 3.23. The van der Waals surface area contributed by atoms with Crippen LogP contribution in [0.2, 0.25) is 0 Å². The smallest absolute Gasteiger partial charge is 0.249 e. The number of hydrogen-bond donors (Lipinski definition) is 2. The van der Waals surface area contributed by atoms with Gasteiger partial charge in [0.05, 0.1) is 5.69 Å². The van der Waals surface area contributed by atoms with Gasteiger partial charge in [-0.25, -0.2) is 0 Å². The fraction of sp³-hybridized carbons (Fsp3) is 0.200. The van der Waals surface area contributed by atoms with E-state index in [0.717, 1.165) is 0 Å². The van der Waals surface area contributed by atoms with E-state index in [2.05, 4.69) is 10.6 Å². The third-order valence-electron chi connectivity index (χ3n) is 2.26. The number of amides is 1. The number of likely N-dealkylation sites (N-methyl/N-ethyl adjacent to an activating group) is 1. The lowest BCUT2D eigenvalue weighted by Crippen LogP contribution is -2.48.